The summed E-state index contributed by atoms with van der Waals surface area (Å²) in [4.78, 5) is -0.176. The maximum Gasteiger partial charge on any atom is 0.243 e. The third-order valence-corrected chi connectivity index (χ3v) is 8.74. The molecular formula is C18H22FNO6S2. The zero-order valence-electron chi connectivity index (χ0n) is 15.4. The van der Waals surface area contributed by atoms with Crippen molar-refractivity contribution in [3.05, 3.63) is 48.2 Å². The molecule has 10 heteroatoms. The van der Waals surface area contributed by atoms with Gasteiger partial charge in [0.15, 0.2) is 21.4 Å². The smallest absolute Gasteiger partial charge is 0.243 e. The molecule has 1 aromatic heterocycles. The molecule has 1 aliphatic rings. The van der Waals surface area contributed by atoms with Crippen LogP contribution in [0.2, 0.25) is 0 Å². The number of halogens is 1. The molecule has 0 aliphatic carbocycles. The van der Waals surface area contributed by atoms with Crippen molar-refractivity contribution in [2.24, 2.45) is 0 Å². The van der Waals surface area contributed by atoms with Gasteiger partial charge in [-0.2, -0.15) is 4.31 Å². The first-order chi connectivity index (χ1) is 13.2. The Morgan fingerprint density at radius 1 is 1.18 bits per heavy atom. The molecule has 2 aromatic rings. The van der Waals surface area contributed by atoms with Crippen molar-refractivity contribution in [2.75, 3.05) is 19.7 Å². The molecule has 1 aromatic carbocycles. The van der Waals surface area contributed by atoms with Crippen LogP contribution in [0.5, 0.6) is 5.75 Å². The van der Waals surface area contributed by atoms with E-state index in [4.69, 9.17) is 9.15 Å². The Hall–Kier alpha value is -1.91. The van der Waals surface area contributed by atoms with Crippen molar-refractivity contribution in [3.63, 3.8) is 0 Å². The maximum absolute atomic E-state index is 14.0. The molecule has 0 saturated carbocycles. The Bertz CT molecular complexity index is 1010. The Morgan fingerprint density at radius 3 is 2.46 bits per heavy atom. The van der Waals surface area contributed by atoms with Crippen molar-refractivity contribution < 1.29 is 30.4 Å². The van der Waals surface area contributed by atoms with Crippen LogP contribution in [0, 0.1) is 5.82 Å². The van der Waals surface area contributed by atoms with E-state index in [0.717, 1.165) is 6.07 Å². The fourth-order valence-electron chi connectivity index (χ4n) is 3.21. The van der Waals surface area contributed by atoms with E-state index >= 15 is 0 Å². The Morgan fingerprint density at radius 2 is 1.89 bits per heavy atom. The second kappa shape index (κ2) is 8.22. The Kier molecular flexibility index (Phi) is 6.11. The molecule has 0 N–H and O–H groups in total. The first-order valence-electron chi connectivity index (χ1n) is 8.90. The summed E-state index contributed by atoms with van der Waals surface area (Å²) in [5.41, 5.74) is 0. The van der Waals surface area contributed by atoms with Gasteiger partial charge in [-0.05, 0) is 50.1 Å². The number of rotatable bonds is 7. The topological polar surface area (TPSA) is 93.9 Å². The summed E-state index contributed by atoms with van der Waals surface area (Å²) >= 11 is 0. The monoisotopic (exact) mass is 431 g/mol. The highest BCUT2D eigenvalue weighted by Gasteiger charge is 2.35. The quantitative estimate of drug-likeness (QED) is 0.669. The molecule has 28 heavy (non-hydrogen) atoms. The SMILES string of the molecule is CCOc1ccc(S(=O)(=O)N2CCC(S(=O)(=O)Cc3ccco3)CC2)cc1F. The number of hydrogen-bond acceptors (Lipinski definition) is 6. The molecule has 0 bridgehead atoms. The average Bonchev–Trinajstić information content (AvgIpc) is 3.16. The molecule has 2 heterocycles. The first-order valence-corrected chi connectivity index (χ1v) is 12.1. The fourth-order valence-corrected chi connectivity index (χ4v) is 6.41. The summed E-state index contributed by atoms with van der Waals surface area (Å²) in [5, 5.41) is -0.638. The van der Waals surface area contributed by atoms with Crippen LogP contribution >= 0.6 is 0 Å². The van der Waals surface area contributed by atoms with Gasteiger partial charge < -0.3 is 9.15 Å². The maximum atomic E-state index is 14.0. The number of benzene rings is 1. The molecule has 0 unspecified atom stereocenters. The van der Waals surface area contributed by atoms with E-state index in [-0.39, 0.29) is 48.9 Å². The molecule has 0 atom stereocenters. The van der Waals surface area contributed by atoms with E-state index < -0.39 is 30.9 Å². The van der Waals surface area contributed by atoms with Crippen molar-refractivity contribution >= 4 is 19.9 Å². The minimum atomic E-state index is -3.91. The van der Waals surface area contributed by atoms with Gasteiger partial charge in [-0.3, -0.25) is 0 Å². The second-order valence-electron chi connectivity index (χ2n) is 6.52. The number of ether oxygens (including phenoxy) is 1. The van der Waals surface area contributed by atoms with Gasteiger partial charge in [0, 0.05) is 13.1 Å². The highest BCUT2D eigenvalue weighted by atomic mass is 32.2. The largest absolute Gasteiger partial charge is 0.491 e. The lowest BCUT2D eigenvalue weighted by Crippen LogP contribution is -2.42. The standard InChI is InChI=1S/C18H22FNO6S2/c1-2-25-18-6-5-16(12-17(18)19)28(23,24)20-9-7-15(8-10-20)27(21,22)13-14-4-3-11-26-14/h3-6,11-12,15H,2,7-10,13H2,1H3. The van der Waals surface area contributed by atoms with E-state index in [1.807, 2.05) is 0 Å². The number of nitrogens with zero attached hydrogens (tertiary/aromatic N) is 1. The van der Waals surface area contributed by atoms with Crippen LogP contribution in [0.4, 0.5) is 4.39 Å². The molecule has 0 radical (unpaired) electrons. The van der Waals surface area contributed by atoms with Gasteiger partial charge in [-0.1, -0.05) is 0 Å². The number of sulfone groups is 1. The van der Waals surface area contributed by atoms with Crippen molar-refractivity contribution in [3.8, 4) is 5.75 Å². The summed E-state index contributed by atoms with van der Waals surface area (Å²) < 4.78 is 76.0. The van der Waals surface area contributed by atoms with Crippen LogP contribution < -0.4 is 4.74 Å². The first kappa shape index (κ1) is 20.8. The zero-order chi connectivity index (χ0) is 20.4. The van der Waals surface area contributed by atoms with Crippen molar-refractivity contribution in [1.82, 2.24) is 4.31 Å². The minimum Gasteiger partial charge on any atom is -0.491 e. The number of furan rings is 1. The van der Waals surface area contributed by atoms with E-state index in [0.29, 0.717) is 5.76 Å². The van der Waals surface area contributed by atoms with Crippen molar-refractivity contribution in [2.45, 2.75) is 35.7 Å². The predicted molar refractivity (Wildman–Crippen MR) is 101 cm³/mol. The van der Waals surface area contributed by atoms with E-state index in [1.165, 1.54) is 22.7 Å². The lowest BCUT2D eigenvalue weighted by molar-refractivity contribution is 0.320. The van der Waals surface area contributed by atoms with Gasteiger partial charge in [0.1, 0.15) is 11.5 Å². The molecule has 1 fully saturated rings. The van der Waals surface area contributed by atoms with Crippen molar-refractivity contribution in [1.29, 1.82) is 0 Å². The molecule has 1 saturated heterocycles. The molecule has 154 valence electrons. The minimum absolute atomic E-state index is 0.0100. The lowest BCUT2D eigenvalue weighted by Gasteiger charge is -2.30. The lowest BCUT2D eigenvalue weighted by atomic mass is 10.2. The summed E-state index contributed by atoms with van der Waals surface area (Å²) in [6, 6.07) is 6.73. The Balaban J connectivity index is 1.69. The predicted octanol–water partition coefficient (Wildman–Crippen LogP) is 2.59. The van der Waals surface area contributed by atoms with Gasteiger partial charge in [-0.25, -0.2) is 21.2 Å². The summed E-state index contributed by atoms with van der Waals surface area (Å²) in [6.07, 6.45) is 1.78. The average molecular weight is 432 g/mol. The normalized spacial score (nSPS) is 16.9. The van der Waals surface area contributed by atoms with E-state index in [9.17, 15) is 21.2 Å². The number of piperidine rings is 1. The molecule has 0 amide bonds. The van der Waals surface area contributed by atoms with Gasteiger partial charge in [0.2, 0.25) is 10.0 Å². The summed E-state index contributed by atoms with van der Waals surface area (Å²) in [6.45, 7) is 2.08. The van der Waals surface area contributed by atoms with Gasteiger partial charge in [0.05, 0.1) is 23.0 Å². The van der Waals surface area contributed by atoms with Gasteiger partial charge in [-0.15, -0.1) is 0 Å². The van der Waals surface area contributed by atoms with E-state index in [2.05, 4.69) is 0 Å². The summed E-state index contributed by atoms with van der Waals surface area (Å²) in [5.74, 6) is -0.607. The van der Waals surface area contributed by atoms with Crippen LogP contribution in [-0.4, -0.2) is 46.1 Å². The molecule has 3 rings (SSSR count). The molecular weight excluding hydrogens is 409 g/mol. The molecule has 1 aliphatic heterocycles. The number of sulfonamides is 1. The second-order valence-corrected chi connectivity index (χ2v) is 10.7. The fraction of sp³-hybridized carbons (Fsp3) is 0.444. The van der Waals surface area contributed by atoms with Crippen LogP contribution in [0.1, 0.15) is 25.5 Å². The molecule has 0 spiro atoms. The van der Waals surface area contributed by atoms with Crippen LogP contribution in [0.3, 0.4) is 0 Å². The highest BCUT2D eigenvalue weighted by molar-refractivity contribution is 7.91. The number of hydrogen-bond donors (Lipinski definition) is 0. The summed E-state index contributed by atoms with van der Waals surface area (Å²) in [7, 11) is -7.36. The van der Waals surface area contributed by atoms with Crippen LogP contribution in [0.25, 0.3) is 0 Å². The van der Waals surface area contributed by atoms with Crippen LogP contribution in [-0.2, 0) is 25.6 Å². The zero-order valence-corrected chi connectivity index (χ0v) is 17.0. The van der Waals surface area contributed by atoms with Gasteiger partial charge >= 0.3 is 0 Å². The third-order valence-electron chi connectivity index (χ3n) is 4.67. The van der Waals surface area contributed by atoms with E-state index in [1.54, 1.807) is 19.1 Å². The third kappa shape index (κ3) is 4.39. The highest BCUT2D eigenvalue weighted by Crippen LogP contribution is 2.28. The molecule has 7 nitrogen and oxygen atoms in total. The Labute approximate surface area is 164 Å². The van der Waals surface area contributed by atoms with Crippen LogP contribution in [0.15, 0.2) is 45.9 Å². The van der Waals surface area contributed by atoms with Gasteiger partial charge in [0.25, 0.3) is 0 Å².